The van der Waals surface area contributed by atoms with Crippen molar-refractivity contribution in [2.75, 3.05) is 33.7 Å². The van der Waals surface area contributed by atoms with Gasteiger partial charge in [0.05, 0.1) is 6.42 Å². The lowest BCUT2D eigenvalue weighted by Gasteiger charge is -2.24. The molecule has 0 heterocycles. The van der Waals surface area contributed by atoms with E-state index in [1.165, 1.54) is 25.7 Å². The van der Waals surface area contributed by atoms with E-state index >= 15 is 0 Å². The first-order valence-corrected chi connectivity index (χ1v) is 7.14. The first-order chi connectivity index (χ1) is 9.42. The Labute approximate surface area is 142 Å². The molecular weight excluding hydrogens is 396 g/mol. The number of rotatable bonds is 6. The smallest absolute Gasteiger partial charge is 0.356 e. The first-order valence-electron chi connectivity index (χ1n) is 7.14. The van der Waals surface area contributed by atoms with E-state index in [4.69, 9.17) is 0 Å². The third-order valence-electron chi connectivity index (χ3n) is 3.63. The van der Waals surface area contributed by atoms with E-state index in [1.54, 1.807) is 7.05 Å². The second-order valence-electron chi connectivity index (χ2n) is 5.21. The zero-order valence-corrected chi connectivity index (χ0v) is 15.0. The molecular formula is C13H26F3IN4. The highest BCUT2D eigenvalue weighted by Crippen LogP contribution is 2.21. The van der Waals surface area contributed by atoms with Crippen molar-refractivity contribution in [3.63, 3.8) is 0 Å². The van der Waals surface area contributed by atoms with E-state index in [-0.39, 0.29) is 30.5 Å². The lowest BCUT2D eigenvalue weighted by Crippen LogP contribution is -2.43. The van der Waals surface area contributed by atoms with Crippen LogP contribution < -0.4 is 10.6 Å². The Kier molecular flexibility index (Phi) is 10.3. The normalized spacial score (nSPS) is 17.0. The Hall–Kier alpha value is -0.250. The van der Waals surface area contributed by atoms with Crippen LogP contribution in [0.3, 0.4) is 0 Å². The second kappa shape index (κ2) is 10.5. The van der Waals surface area contributed by atoms with Crippen LogP contribution in [0.25, 0.3) is 0 Å². The molecule has 8 heteroatoms. The number of alkyl halides is 3. The van der Waals surface area contributed by atoms with Crippen molar-refractivity contribution < 1.29 is 13.2 Å². The molecule has 1 rings (SSSR count). The quantitative estimate of drug-likeness (QED) is 0.393. The standard InChI is InChI=1S/C13H25F3N4.HI/c1-17-12(18-8-7-13(14,15)16)19-9-10-20(2)11-5-3-4-6-11;/h11H,3-10H2,1-2H3,(H2,17,18,19);1H. The molecule has 0 spiro atoms. The largest absolute Gasteiger partial charge is 0.390 e. The monoisotopic (exact) mass is 422 g/mol. The van der Waals surface area contributed by atoms with Crippen LogP contribution in [0.1, 0.15) is 32.1 Å². The van der Waals surface area contributed by atoms with Gasteiger partial charge in [-0.05, 0) is 19.9 Å². The maximum Gasteiger partial charge on any atom is 0.390 e. The Balaban J connectivity index is 0.00000400. The molecule has 126 valence electrons. The van der Waals surface area contributed by atoms with Crippen LogP contribution in [0.5, 0.6) is 0 Å². The van der Waals surface area contributed by atoms with Gasteiger partial charge in [-0.25, -0.2) is 0 Å². The van der Waals surface area contributed by atoms with Crippen molar-refractivity contribution in [2.45, 2.75) is 44.3 Å². The fraction of sp³-hybridized carbons (Fsp3) is 0.923. The zero-order chi connectivity index (χ0) is 15.0. The molecule has 1 aliphatic rings. The molecule has 0 aromatic heterocycles. The van der Waals surface area contributed by atoms with E-state index in [2.05, 4.69) is 27.6 Å². The van der Waals surface area contributed by atoms with Gasteiger partial charge in [-0.3, -0.25) is 4.99 Å². The fourth-order valence-corrected chi connectivity index (χ4v) is 2.42. The number of hydrogen-bond donors (Lipinski definition) is 2. The number of aliphatic imine (C=N–C) groups is 1. The van der Waals surface area contributed by atoms with Gasteiger partial charge in [0.15, 0.2) is 5.96 Å². The summed E-state index contributed by atoms with van der Waals surface area (Å²) in [4.78, 5) is 6.22. The maximum atomic E-state index is 12.0. The summed E-state index contributed by atoms with van der Waals surface area (Å²) in [6, 6.07) is 0.650. The molecule has 1 aliphatic carbocycles. The van der Waals surface area contributed by atoms with E-state index in [1.807, 2.05) is 0 Å². The van der Waals surface area contributed by atoms with Crippen LogP contribution in [0.15, 0.2) is 4.99 Å². The van der Waals surface area contributed by atoms with Crippen molar-refractivity contribution in [1.29, 1.82) is 0 Å². The Morgan fingerprint density at radius 1 is 1.19 bits per heavy atom. The molecule has 0 aromatic rings. The zero-order valence-electron chi connectivity index (χ0n) is 12.7. The highest BCUT2D eigenvalue weighted by Gasteiger charge is 2.26. The minimum atomic E-state index is -4.13. The summed E-state index contributed by atoms with van der Waals surface area (Å²) in [5, 5.41) is 5.71. The van der Waals surface area contributed by atoms with Gasteiger partial charge >= 0.3 is 6.18 Å². The van der Waals surface area contributed by atoms with Gasteiger partial charge in [0, 0.05) is 32.7 Å². The van der Waals surface area contributed by atoms with Crippen LogP contribution in [0.2, 0.25) is 0 Å². The maximum absolute atomic E-state index is 12.0. The van der Waals surface area contributed by atoms with Gasteiger partial charge < -0.3 is 15.5 Å². The van der Waals surface area contributed by atoms with Crippen LogP contribution in [0, 0.1) is 0 Å². The Morgan fingerprint density at radius 2 is 1.76 bits per heavy atom. The summed E-state index contributed by atoms with van der Waals surface area (Å²) >= 11 is 0. The molecule has 2 N–H and O–H groups in total. The average molecular weight is 422 g/mol. The lowest BCUT2D eigenvalue weighted by atomic mass is 10.2. The second-order valence-corrected chi connectivity index (χ2v) is 5.21. The summed E-state index contributed by atoms with van der Waals surface area (Å²) in [5.74, 6) is 0.425. The molecule has 0 aliphatic heterocycles. The molecule has 0 amide bonds. The number of likely N-dealkylation sites (N-methyl/N-ethyl adjacent to an activating group) is 1. The third kappa shape index (κ3) is 9.38. The van der Waals surface area contributed by atoms with E-state index in [0.29, 0.717) is 18.5 Å². The first kappa shape index (κ1) is 20.8. The van der Waals surface area contributed by atoms with Crippen LogP contribution in [-0.4, -0.2) is 56.8 Å². The molecule has 0 saturated heterocycles. The summed E-state index contributed by atoms with van der Waals surface area (Å²) in [5.41, 5.74) is 0. The van der Waals surface area contributed by atoms with Crippen molar-refractivity contribution in [3.05, 3.63) is 0 Å². The predicted molar refractivity (Wildman–Crippen MR) is 90.3 cm³/mol. The molecule has 4 nitrogen and oxygen atoms in total. The van der Waals surface area contributed by atoms with Gasteiger partial charge in [0.25, 0.3) is 0 Å². The summed E-state index contributed by atoms with van der Waals surface area (Å²) < 4.78 is 36.1. The Morgan fingerprint density at radius 3 is 2.29 bits per heavy atom. The molecule has 0 aromatic carbocycles. The Bertz CT molecular complexity index is 304. The summed E-state index contributed by atoms with van der Waals surface area (Å²) in [6.07, 6.45) is 0.0978. The number of halogens is 4. The minimum Gasteiger partial charge on any atom is -0.356 e. The molecule has 21 heavy (non-hydrogen) atoms. The van der Waals surface area contributed by atoms with Crippen molar-refractivity contribution in [2.24, 2.45) is 4.99 Å². The van der Waals surface area contributed by atoms with Crippen molar-refractivity contribution in [3.8, 4) is 0 Å². The van der Waals surface area contributed by atoms with Gasteiger partial charge in [-0.2, -0.15) is 13.2 Å². The van der Waals surface area contributed by atoms with Crippen LogP contribution in [-0.2, 0) is 0 Å². The molecule has 0 radical (unpaired) electrons. The van der Waals surface area contributed by atoms with E-state index in [0.717, 1.165) is 6.54 Å². The molecule has 0 bridgehead atoms. The number of guanidine groups is 1. The number of hydrogen-bond acceptors (Lipinski definition) is 2. The number of nitrogens with one attached hydrogen (secondary N) is 2. The SMILES string of the molecule is CN=C(NCCN(C)C1CCCC1)NCCC(F)(F)F.I. The molecule has 0 atom stereocenters. The minimum absolute atomic E-state index is 0. The van der Waals surface area contributed by atoms with Crippen molar-refractivity contribution in [1.82, 2.24) is 15.5 Å². The molecule has 1 fully saturated rings. The third-order valence-corrected chi connectivity index (χ3v) is 3.63. The van der Waals surface area contributed by atoms with E-state index < -0.39 is 12.6 Å². The van der Waals surface area contributed by atoms with Gasteiger partial charge in [0.1, 0.15) is 0 Å². The molecule has 1 saturated carbocycles. The topological polar surface area (TPSA) is 39.7 Å². The summed E-state index contributed by atoms with van der Waals surface area (Å²) in [6.45, 7) is 1.39. The van der Waals surface area contributed by atoms with Gasteiger partial charge in [0.2, 0.25) is 0 Å². The van der Waals surface area contributed by atoms with Gasteiger partial charge in [-0.1, -0.05) is 12.8 Å². The van der Waals surface area contributed by atoms with Gasteiger partial charge in [-0.15, -0.1) is 24.0 Å². The highest BCUT2D eigenvalue weighted by atomic mass is 127. The molecule has 0 unspecified atom stereocenters. The van der Waals surface area contributed by atoms with Crippen LogP contribution >= 0.6 is 24.0 Å². The average Bonchev–Trinajstić information content (AvgIpc) is 2.89. The van der Waals surface area contributed by atoms with Crippen LogP contribution in [0.4, 0.5) is 13.2 Å². The number of nitrogens with zero attached hydrogens (tertiary/aromatic N) is 2. The van der Waals surface area contributed by atoms with Crippen molar-refractivity contribution >= 4 is 29.9 Å². The van der Waals surface area contributed by atoms with E-state index in [9.17, 15) is 13.2 Å². The predicted octanol–water partition coefficient (Wildman–Crippen LogP) is 2.60. The lowest BCUT2D eigenvalue weighted by molar-refractivity contribution is -0.132. The highest BCUT2D eigenvalue weighted by molar-refractivity contribution is 14.0. The summed E-state index contributed by atoms with van der Waals surface area (Å²) in [7, 11) is 3.65. The fourth-order valence-electron chi connectivity index (χ4n) is 2.42.